The maximum Gasteiger partial charge on any atom is 0.393 e. The molecule has 1 aromatic carbocycles. The Labute approximate surface area is 190 Å². The lowest BCUT2D eigenvalue weighted by atomic mass is 9.89. The summed E-state index contributed by atoms with van der Waals surface area (Å²) >= 11 is 1.61. The molecule has 0 unspecified atom stereocenters. The van der Waals surface area contributed by atoms with E-state index < -0.39 is 59.5 Å². The number of anilines is 1. The molecule has 1 N–H and O–H groups in total. The van der Waals surface area contributed by atoms with Crippen LogP contribution in [0.25, 0.3) is 0 Å². The van der Waals surface area contributed by atoms with Gasteiger partial charge in [0.15, 0.2) is 0 Å². The number of rotatable bonds is 9. The third kappa shape index (κ3) is 4.24. The van der Waals surface area contributed by atoms with Crippen molar-refractivity contribution >= 4 is 34.2 Å². The highest BCUT2D eigenvalue weighted by Gasteiger charge is 2.94. The lowest BCUT2D eigenvalue weighted by molar-refractivity contribution is -0.443. The third-order valence-electron chi connectivity index (χ3n) is 4.05. The summed E-state index contributed by atoms with van der Waals surface area (Å²) in [6.45, 7) is 0. The number of alkyl halides is 16. The van der Waals surface area contributed by atoms with Gasteiger partial charge in [0.05, 0.1) is 0 Å². The van der Waals surface area contributed by atoms with Crippen LogP contribution in [-0.2, 0) is 4.79 Å². The number of halogens is 17. The Balaban J connectivity index is 3.52. The molecule has 0 aliphatic heterocycles. The first-order valence-corrected chi connectivity index (χ1v) is 8.91. The van der Waals surface area contributed by atoms with Gasteiger partial charge in [-0.1, -0.05) is 0 Å². The van der Waals surface area contributed by atoms with Crippen molar-refractivity contribution in [2.75, 3.05) is 5.32 Å². The van der Waals surface area contributed by atoms with E-state index in [4.69, 9.17) is 0 Å². The zero-order chi connectivity index (χ0) is 27.3. The Morgan fingerprint density at radius 3 is 1.38 bits per heavy atom. The minimum Gasteiger partial charge on any atom is -0.321 e. The standard InChI is InChI=1S/C15H6F16INO/c16-7(17)9(18,19)11(22,23)13(26,27)15(30,31)14(28,29)12(24,25)10(20,21)8(34)33-6-3-1-5(32)2-4-6/h1-4,7H,(H,33,34). The number of benzene rings is 1. The molecule has 2 nitrogen and oxygen atoms in total. The fraction of sp³-hybridized carbons (Fsp3) is 0.533. The molecule has 0 fully saturated rings. The molecule has 0 aromatic heterocycles. The lowest BCUT2D eigenvalue weighted by Gasteiger charge is -2.42. The fourth-order valence-corrected chi connectivity index (χ4v) is 2.38. The topological polar surface area (TPSA) is 29.1 Å². The highest BCUT2D eigenvalue weighted by atomic mass is 127. The van der Waals surface area contributed by atoms with Crippen LogP contribution >= 0.6 is 22.6 Å². The van der Waals surface area contributed by atoms with Crippen molar-refractivity contribution in [1.82, 2.24) is 0 Å². The van der Waals surface area contributed by atoms with Crippen molar-refractivity contribution in [2.24, 2.45) is 0 Å². The predicted molar refractivity (Wildman–Crippen MR) is 88.4 cm³/mol. The summed E-state index contributed by atoms with van der Waals surface area (Å²) < 4.78 is 212. The molecule has 0 atom stereocenters. The van der Waals surface area contributed by atoms with Crippen LogP contribution in [0.1, 0.15) is 0 Å². The van der Waals surface area contributed by atoms with Gasteiger partial charge in [-0.3, -0.25) is 4.79 Å². The molecule has 1 rings (SSSR count). The van der Waals surface area contributed by atoms with Crippen molar-refractivity contribution in [3.63, 3.8) is 0 Å². The zero-order valence-electron chi connectivity index (χ0n) is 15.2. The summed E-state index contributed by atoms with van der Waals surface area (Å²) in [5.74, 6) is -59.7. The number of hydrogen-bond acceptors (Lipinski definition) is 1. The van der Waals surface area contributed by atoms with Gasteiger partial charge in [-0.25, -0.2) is 8.78 Å². The smallest absolute Gasteiger partial charge is 0.321 e. The van der Waals surface area contributed by atoms with Gasteiger partial charge in [0, 0.05) is 9.26 Å². The van der Waals surface area contributed by atoms with Crippen molar-refractivity contribution < 1.29 is 75.0 Å². The van der Waals surface area contributed by atoms with Crippen LogP contribution in [0.15, 0.2) is 24.3 Å². The molecule has 0 saturated heterocycles. The van der Waals surface area contributed by atoms with Crippen molar-refractivity contribution in [3.8, 4) is 0 Å². The highest BCUT2D eigenvalue weighted by molar-refractivity contribution is 14.1. The van der Waals surface area contributed by atoms with E-state index in [0.717, 1.165) is 17.4 Å². The SMILES string of the molecule is O=C(Nc1ccc(I)cc1)C(F)(F)C(F)(F)C(F)(F)C(F)(F)C(F)(F)C(F)(F)C(F)(F)C(F)F. The van der Waals surface area contributed by atoms with Crippen LogP contribution in [0.3, 0.4) is 0 Å². The number of carbonyl (C=O) groups is 1. The summed E-state index contributed by atoms with van der Waals surface area (Å²) in [4.78, 5) is 11.4. The Morgan fingerprint density at radius 1 is 0.647 bits per heavy atom. The van der Waals surface area contributed by atoms with Crippen molar-refractivity contribution in [1.29, 1.82) is 0 Å². The maximum atomic E-state index is 13.8. The molecule has 0 bridgehead atoms. The van der Waals surface area contributed by atoms with Crippen LogP contribution in [0.5, 0.6) is 0 Å². The largest absolute Gasteiger partial charge is 0.393 e. The van der Waals surface area contributed by atoms with Gasteiger partial charge in [-0.05, 0) is 46.9 Å². The van der Waals surface area contributed by atoms with E-state index in [-0.39, 0.29) is 0 Å². The van der Waals surface area contributed by atoms with Crippen LogP contribution in [0.2, 0.25) is 0 Å². The summed E-state index contributed by atoms with van der Waals surface area (Å²) in [6.07, 6.45) is -5.92. The molecule has 1 amide bonds. The summed E-state index contributed by atoms with van der Waals surface area (Å²) in [5.41, 5.74) is -0.843. The molecule has 19 heteroatoms. The second-order valence-corrected chi connectivity index (χ2v) is 7.58. The molecular weight excluding hydrogens is 641 g/mol. The Kier molecular flexibility index (Phi) is 7.81. The fourth-order valence-electron chi connectivity index (χ4n) is 2.02. The van der Waals surface area contributed by atoms with Crippen LogP contribution in [-0.4, -0.2) is 53.8 Å². The second kappa shape index (κ2) is 8.75. The van der Waals surface area contributed by atoms with Crippen molar-refractivity contribution in [2.45, 2.75) is 47.9 Å². The molecule has 0 aliphatic rings. The van der Waals surface area contributed by atoms with E-state index >= 15 is 0 Å². The minimum absolute atomic E-state index is 0.336. The molecular formula is C15H6F16INO. The lowest BCUT2D eigenvalue weighted by Crippen LogP contribution is -2.74. The van der Waals surface area contributed by atoms with Gasteiger partial charge in [0.25, 0.3) is 0 Å². The number of carbonyl (C=O) groups excluding carboxylic acids is 1. The van der Waals surface area contributed by atoms with E-state index in [1.165, 1.54) is 0 Å². The van der Waals surface area contributed by atoms with Gasteiger partial charge < -0.3 is 5.32 Å². The number of nitrogens with one attached hydrogen (secondary N) is 1. The summed E-state index contributed by atoms with van der Waals surface area (Å²) in [7, 11) is 0. The van der Waals surface area contributed by atoms with E-state index in [1.807, 2.05) is 0 Å². The minimum atomic E-state index is -8.54. The molecule has 34 heavy (non-hydrogen) atoms. The Bertz CT molecular complexity index is 898. The van der Waals surface area contributed by atoms with Crippen LogP contribution in [0.4, 0.5) is 75.9 Å². The quantitative estimate of drug-likeness (QED) is 0.229. The molecule has 0 heterocycles. The first kappa shape index (κ1) is 30.3. The van der Waals surface area contributed by atoms with E-state index in [2.05, 4.69) is 0 Å². The summed E-state index contributed by atoms with van der Waals surface area (Å²) in [6, 6.07) is 3.42. The average Bonchev–Trinajstić information content (AvgIpc) is 2.68. The highest BCUT2D eigenvalue weighted by Crippen LogP contribution is 2.62. The van der Waals surface area contributed by atoms with Gasteiger partial charge >= 0.3 is 53.8 Å². The van der Waals surface area contributed by atoms with Crippen LogP contribution in [0, 0.1) is 3.57 Å². The van der Waals surface area contributed by atoms with Gasteiger partial charge in [-0.15, -0.1) is 0 Å². The van der Waals surface area contributed by atoms with Gasteiger partial charge in [0.1, 0.15) is 0 Å². The molecule has 196 valence electrons. The summed E-state index contributed by atoms with van der Waals surface area (Å²) in [5, 5.41) is 0.842. The first-order valence-electron chi connectivity index (χ1n) is 7.84. The Hall–Kier alpha value is -1.70. The van der Waals surface area contributed by atoms with Gasteiger partial charge in [0.2, 0.25) is 0 Å². The average molecular weight is 647 g/mol. The number of amides is 1. The molecule has 0 saturated carbocycles. The normalized spacial score (nSPS) is 15.0. The molecule has 0 aliphatic carbocycles. The van der Waals surface area contributed by atoms with E-state index in [0.29, 0.717) is 15.7 Å². The molecule has 0 radical (unpaired) electrons. The first-order chi connectivity index (χ1) is 14.8. The molecule has 0 spiro atoms. The van der Waals surface area contributed by atoms with Crippen molar-refractivity contribution in [3.05, 3.63) is 27.8 Å². The maximum absolute atomic E-state index is 13.8. The van der Waals surface area contributed by atoms with Gasteiger partial charge in [-0.2, -0.15) is 61.5 Å². The van der Waals surface area contributed by atoms with E-state index in [1.54, 1.807) is 22.6 Å². The second-order valence-electron chi connectivity index (χ2n) is 6.33. The predicted octanol–water partition coefficient (Wildman–Crippen LogP) is 6.94. The zero-order valence-corrected chi connectivity index (χ0v) is 17.4. The monoisotopic (exact) mass is 647 g/mol. The third-order valence-corrected chi connectivity index (χ3v) is 4.77. The van der Waals surface area contributed by atoms with E-state index in [9.17, 15) is 75.0 Å². The van der Waals surface area contributed by atoms with Crippen LogP contribution < -0.4 is 5.32 Å². The number of hydrogen-bond donors (Lipinski definition) is 1. The Morgan fingerprint density at radius 2 is 1.00 bits per heavy atom. The molecule has 1 aromatic rings.